The van der Waals surface area contributed by atoms with E-state index >= 15 is 0 Å². The Morgan fingerprint density at radius 3 is 1.64 bits per heavy atom. The average molecular weight is 419 g/mol. The molecule has 3 N–H and O–H groups in total. The maximum atomic E-state index is 10.2. The van der Waals surface area contributed by atoms with Gasteiger partial charge in [0.05, 0.1) is 6.42 Å². The van der Waals surface area contributed by atoms with E-state index in [1.807, 2.05) is 0 Å². The van der Waals surface area contributed by atoms with Crippen LogP contribution in [-0.2, 0) is 42.1 Å². The molecule has 1 atom stereocenters. The number of hydrogen-bond acceptors (Lipinski definition) is 4. The van der Waals surface area contributed by atoms with E-state index in [2.05, 4.69) is 0 Å². The maximum absolute atomic E-state index is 10.2. The topological polar surface area (TPSA) is 129 Å². The fourth-order valence-electron chi connectivity index (χ4n) is 0.479. The van der Waals surface area contributed by atoms with E-state index in [1.165, 1.54) is 0 Å². The van der Waals surface area contributed by atoms with E-state index in [1.54, 1.807) is 0 Å². The minimum atomic E-state index is -4.84. The van der Waals surface area contributed by atoms with Gasteiger partial charge in [0.2, 0.25) is 0 Å². The summed E-state index contributed by atoms with van der Waals surface area (Å²) in [5.74, 6) is -3.50. The summed E-state index contributed by atoms with van der Waals surface area (Å²) in [7, 11) is -4.84. The molecular formula is C4H7AuNaO7S. The number of hydrogen-bond donors (Lipinski definition) is 3. The van der Waals surface area contributed by atoms with Crippen molar-refractivity contribution in [3.8, 4) is 0 Å². The molecule has 0 aromatic rings. The van der Waals surface area contributed by atoms with E-state index in [0.717, 1.165) is 0 Å². The van der Waals surface area contributed by atoms with E-state index in [4.69, 9.17) is 14.8 Å². The van der Waals surface area contributed by atoms with Crippen molar-refractivity contribution in [3.63, 3.8) is 0 Å². The summed E-state index contributed by atoms with van der Waals surface area (Å²) < 4.78 is 28.7. The molecule has 0 aliphatic heterocycles. The Labute approximate surface area is 117 Å². The van der Waals surface area contributed by atoms with Gasteiger partial charge in [-0.25, -0.2) is 0 Å². The number of carboxylic acid groups (broad SMARTS) is 2. The molecule has 0 aliphatic carbocycles. The molecule has 0 amide bonds. The van der Waals surface area contributed by atoms with Gasteiger partial charge in [0, 0.05) is 22.4 Å². The van der Waals surface area contributed by atoms with Crippen LogP contribution in [0.4, 0.5) is 0 Å². The molecule has 0 aromatic carbocycles. The van der Waals surface area contributed by atoms with Crippen molar-refractivity contribution in [3.05, 3.63) is 0 Å². The third-order valence-electron chi connectivity index (χ3n) is 0.995. The van der Waals surface area contributed by atoms with Crippen LogP contribution in [0, 0.1) is 0 Å². The molecule has 0 fully saturated rings. The fraction of sp³-hybridized carbons (Fsp3) is 0.500. The second kappa shape index (κ2) is 7.83. The molecule has 0 spiro atoms. The van der Waals surface area contributed by atoms with Crippen molar-refractivity contribution in [1.82, 2.24) is 0 Å². The van der Waals surface area contributed by atoms with Crippen LogP contribution in [0.5, 0.6) is 0 Å². The zero-order valence-corrected chi connectivity index (χ0v) is 8.95. The molecule has 1 radical (unpaired) electrons. The van der Waals surface area contributed by atoms with Gasteiger partial charge in [-0.15, -0.1) is 0 Å². The quantitative estimate of drug-likeness (QED) is 0.361. The molecule has 7 nitrogen and oxygen atoms in total. The summed E-state index contributed by atoms with van der Waals surface area (Å²) in [4.78, 5) is 20.0. The van der Waals surface area contributed by atoms with Crippen molar-refractivity contribution >= 4 is 51.6 Å². The Morgan fingerprint density at radius 2 is 1.57 bits per heavy atom. The Kier molecular flexibility index (Phi) is 11.2. The first-order chi connectivity index (χ1) is 5.25. The molecule has 1 unspecified atom stereocenters. The molecule has 0 saturated heterocycles. The van der Waals surface area contributed by atoms with Crippen molar-refractivity contribution < 1.29 is 55.2 Å². The monoisotopic (exact) mass is 419 g/mol. The first-order valence-electron chi connectivity index (χ1n) is 2.66. The molecule has 14 heavy (non-hydrogen) atoms. The summed E-state index contributed by atoms with van der Waals surface area (Å²) in [5, 5.41) is 13.9. The van der Waals surface area contributed by atoms with Crippen LogP contribution < -0.4 is 0 Å². The molecule has 0 heterocycles. The number of rotatable bonds is 4. The molecule has 0 rings (SSSR count). The van der Waals surface area contributed by atoms with Gasteiger partial charge in [-0.3, -0.25) is 14.1 Å². The summed E-state index contributed by atoms with van der Waals surface area (Å²) >= 11 is 0. The summed E-state index contributed by atoms with van der Waals surface area (Å²) in [6.45, 7) is 0. The van der Waals surface area contributed by atoms with Gasteiger partial charge in [-0.1, -0.05) is 0 Å². The summed E-state index contributed by atoms with van der Waals surface area (Å²) in [5.41, 5.74) is 0. The summed E-state index contributed by atoms with van der Waals surface area (Å²) in [6.07, 6.45) is -1.16. The van der Waals surface area contributed by atoms with Gasteiger partial charge < -0.3 is 10.2 Å². The van der Waals surface area contributed by atoms with Crippen LogP contribution in [0.2, 0.25) is 0 Å². The third-order valence-corrected chi connectivity index (χ3v) is 2.08. The van der Waals surface area contributed by atoms with Crippen molar-refractivity contribution in [1.29, 1.82) is 0 Å². The number of aliphatic carboxylic acids is 2. The number of carbonyl (C=O) groups is 2. The van der Waals surface area contributed by atoms with Crippen LogP contribution in [-0.4, -0.2) is 69.9 Å². The Bertz CT molecular complexity index is 299. The molecular weight excluding hydrogens is 412 g/mol. The van der Waals surface area contributed by atoms with Crippen molar-refractivity contribution in [2.24, 2.45) is 0 Å². The van der Waals surface area contributed by atoms with Crippen LogP contribution >= 0.6 is 0 Å². The third kappa shape index (κ3) is 7.95. The summed E-state index contributed by atoms with van der Waals surface area (Å²) in [6, 6.07) is 0. The van der Waals surface area contributed by atoms with Gasteiger partial charge >= 0.3 is 41.5 Å². The van der Waals surface area contributed by atoms with Crippen molar-refractivity contribution in [2.45, 2.75) is 11.7 Å². The zero-order chi connectivity index (χ0) is 9.94. The predicted octanol–water partition coefficient (Wildman–Crippen LogP) is -1.85. The van der Waals surface area contributed by atoms with E-state index < -0.39 is 33.7 Å². The van der Waals surface area contributed by atoms with Crippen LogP contribution in [0.3, 0.4) is 0 Å². The Hall–Kier alpha value is 0.590. The van der Waals surface area contributed by atoms with Crippen molar-refractivity contribution in [2.75, 3.05) is 0 Å². The zero-order valence-electron chi connectivity index (χ0n) is 5.97. The fourth-order valence-corrected chi connectivity index (χ4v) is 1.09. The first kappa shape index (κ1) is 20.1. The van der Waals surface area contributed by atoms with Gasteiger partial charge in [-0.05, 0) is 0 Å². The number of carboxylic acids is 2. The SMILES string of the molecule is O=C(O)CC(C(=O)O)S(=O)(=O)O.[Au].[NaH]. The first-order valence-corrected chi connectivity index (χ1v) is 4.16. The van der Waals surface area contributed by atoms with Crippen LogP contribution in [0.25, 0.3) is 0 Å². The second-order valence-corrected chi connectivity index (χ2v) is 3.54. The van der Waals surface area contributed by atoms with Crippen LogP contribution in [0.1, 0.15) is 6.42 Å². The van der Waals surface area contributed by atoms with Crippen LogP contribution in [0.15, 0.2) is 0 Å². The Balaban J connectivity index is -0.000000605. The molecule has 0 saturated carbocycles. The Morgan fingerprint density at radius 1 is 1.21 bits per heavy atom. The van der Waals surface area contributed by atoms with E-state index in [9.17, 15) is 18.0 Å². The molecule has 10 heteroatoms. The standard InChI is InChI=1S/C4H6O7S.Au.Na.H/c5-3(6)1-2(4(7)8)12(9,10)11;;;/h2H,1H2,(H,5,6)(H,7,8)(H,9,10,11);;;. The molecule has 0 bridgehead atoms. The molecule has 83 valence electrons. The van der Waals surface area contributed by atoms with Gasteiger partial charge in [0.15, 0.2) is 5.25 Å². The van der Waals surface area contributed by atoms with Gasteiger partial charge in [0.1, 0.15) is 0 Å². The molecule has 0 aliphatic rings. The second-order valence-electron chi connectivity index (χ2n) is 1.94. The van der Waals surface area contributed by atoms with Gasteiger partial charge in [-0.2, -0.15) is 8.42 Å². The predicted molar refractivity (Wildman–Crippen MR) is 42.4 cm³/mol. The van der Waals surface area contributed by atoms with E-state index in [-0.39, 0.29) is 51.9 Å². The van der Waals surface area contributed by atoms with Gasteiger partial charge in [0.25, 0.3) is 10.1 Å². The minimum absolute atomic E-state index is 0. The van der Waals surface area contributed by atoms with E-state index in [0.29, 0.717) is 0 Å². The molecule has 0 aromatic heterocycles. The average Bonchev–Trinajstić information content (AvgIpc) is 1.79. The normalized spacial score (nSPS) is 11.8.